The lowest BCUT2D eigenvalue weighted by Gasteiger charge is -2.27. The Morgan fingerprint density at radius 2 is 1.69 bits per heavy atom. The molecular weight excluding hydrogens is 220 g/mol. The van der Waals surface area contributed by atoms with Gasteiger partial charge in [0, 0.05) is 0 Å². The largest absolute Gasteiger partial charge is 0.480 e. The van der Waals surface area contributed by atoms with Crippen molar-refractivity contribution in [1.29, 1.82) is 0 Å². The molecule has 2 nitrogen and oxygen atoms in total. The zero-order chi connectivity index (χ0) is 12.5. The van der Waals surface area contributed by atoms with Crippen LogP contribution < -0.4 is 0 Å². The third-order valence-electron chi connectivity index (χ3n) is 2.97. The van der Waals surface area contributed by atoms with E-state index in [1.165, 1.54) is 17.3 Å². The van der Waals surface area contributed by atoms with Crippen molar-refractivity contribution >= 4 is 17.7 Å². The summed E-state index contributed by atoms with van der Waals surface area (Å²) >= 11 is 1.37. The topological polar surface area (TPSA) is 37.3 Å². The van der Waals surface area contributed by atoms with Crippen LogP contribution in [-0.4, -0.2) is 17.3 Å². The van der Waals surface area contributed by atoms with Crippen molar-refractivity contribution in [2.75, 3.05) is 6.26 Å². The number of aryl methyl sites for hydroxylation is 3. The molecule has 16 heavy (non-hydrogen) atoms. The summed E-state index contributed by atoms with van der Waals surface area (Å²) < 4.78 is -0.859. The van der Waals surface area contributed by atoms with Gasteiger partial charge in [-0.25, -0.2) is 0 Å². The van der Waals surface area contributed by atoms with Crippen LogP contribution in [0.4, 0.5) is 0 Å². The number of carboxylic acids is 1. The summed E-state index contributed by atoms with van der Waals surface area (Å²) in [5.74, 6) is -0.782. The molecule has 0 heterocycles. The molecule has 1 aromatic rings. The predicted octanol–water partition coefficient (Wildman–Crippen LogP) is 3.27. The molecule has 0 aliphatic heterocycles. The second-order valence-corrected chi connectivity index (χ2v) is 5.54. The molecule has 0 aliphatic carbocycles. The van der Waals surface area contributed by atoms with Crippen LogP contribution >= 0.6 is 11.8 Å². The molecule has 0 spiro atoms. The standard InChI is InChI=1S/C13H18O2S/c1-8-6-9(2)11(10(3)7-8)13(4,16-5)12(14)15/h6-7H,1-5H3,(H,14,15). The Kier molecular flexibility index (Phi) is 3.68. The van der Waals surface area contributed by atoms with Crippen LogP contribution in [-0.2, 0) is 9.54 Å². The van der Waals surface area contributed by atoms with Crippen LogP contribution in [0.5, 0.6) is 0 Å². The highest BCUT2D eigenvalue weighted by Crippen LogP contribution is 2.38. The zero-order valence-electron chi connectivity index (χ0n) is 10.4. The Morgan fingerprint density at radius 3 is 2.00 bits per heavy atom. The third-order valence-corrected chi connectivity index (χ3v) is 4.17. The number of hydrogen-bond donors (Lipinski definition) is 1. The van der Waals surface area contributed by atoms with Crippen LogP contribution in [0.2, 0.25) is 0 Å². The number of carboxylic acid groups (broad SMARTS) is 1. The first-order valence-corrected chi connectivity index (χ1v) is 6.42. The number of carbonyl (C=O) groups is 1. The summed E-state index contributed by atoms with van der Waals surface area (Å²) in [5, 5.41) is 9.38. The minimum Gasteiger partial charge on any atom is -0.480 e. The SMILES string of the molecule is CSC(C)(C(=O)O)c1c(C)cc(C)cc1C. The lowest BCUT2D eigenvalue weighted by atomic mass is 9.90. The number of rotatable bonds is 3. The van der Waals surface area contributed by atoms with E-state index in [2.05, 4.69) is 0 Å². The molecule has 1 aromatic carbocycles. The maximum absolute atomic E-state index is 11.4. The summed E-state index contributed by atoms with van der Waals surface area (Å²) in [6, 6.07) is 4.08. The van der Waals surface area contributed by atoms with E-state index in [0.29, 0.717) is 0 Å². The number of thioether (sulfide) groups is 1. The van der Waals surface area contributed by atoms with Crippen LogP contribution in [0.25, 0.3) is 0 Å². The van der Waals surface area contributed by atoms with E-state index >= 15 is 0 Å². The number of hydrogen-bond acceptors (Lipinski definition) is 2. The molecule has 88 valence electrons. The lowest BCUT2D eigenvalue weighted by molar-refractivity contribution is -0.139. The Hall–Kier alpha value is -0.960. The van der Waals surface area contributed by atoms with Gasteiger partial charge in [-0.15, -0.1) is 11.8 Å². The molecule has 1 rings (SSSR count). The van der Waals surface area contributed by atoms with E-state index < -0.39 is 10.7 Å². The Balaban J connectivity index is 3.48. The smallest absolute Gasteiger partial charge is 0.324 e. The van der Waals surface area contributed by atoms with Gasteiger partial charge in [0.15, 0.2) is 0 Å². The molecule has 0 aliphatic rings. The first-order chi connectivity index (χ1) is 7.32. The molecule has 1 N–H and O–H groups in total. The third kappa shape index (κ3) is 2.09. The van der Waals surface area contributed by atoms with Crippen molar-refractivity contribution in [2.24, 2.45) is 0 Å². The molecule has 3 heteroatoms. The van der Waals surface area contributed by atoms with Crippen molar-refractivity contribution in [3.05, 3.63) is 34.4 Å². The Bertz CT molecular complexity index is 403. The molecule has 1 atom stereocenters. The van der Waals surface area contributed by atoms with E-state index in [0.717, 1.165) is 16.7 Å². The molecule has 0 bridgehead atoms. The van der Waals surface area contributed by atoms with Gasteiger partial charge in [-0.1, -0.05) is 17.7 Å². The normalized spacial score (nSPS) is 14.6. The van der Waals surface area contributed by atoms with E-state index in [4.69, 9.17) is 0 Å². The van der Waals surface area contributed by atoms with Crippen molar-refractivity contribution in [3.63, 3.8) is 0 Å². The van der Waals surface area contributed by atoms with Crippen molar-refractivity contribution in [2.45, 2.75) is 32.4 Å². The molecule has 0 saturated carbocycles. The van der Waals surface area contributed by atoms with Gasteiger partial charge in [0.1, 0.15) is 4.75 Å². The monoisotopic (exact) mass is 238 g/mol. The fourth-order valence-electron chi connectivity index (χ4n) is 2.23. The average molecular weight is 238 g/mol. The molecule has 0 amide bonds. The van der Waals surface area contributed by atoms with Crippen molar-refractivity contribution < 1.29 is 9.90 Å². The van der Waals surface area contributed by atoms with E-state index in [1.54, 1.807) is 6.92 Å². The highest BCUT2D eigenvalue weighted by atomic mass is 32.2. The molecule has 1 unspecified atom stereocenters. The summed E-state index contributed by atoms with van der Waals surface area (Å²) in [7, 11) is 0. The van der Waals surface area contributed by atoms with Gasteiger partial charge in [-0.3, -0.25) is 4.79 Å². The lowest BCUT2D eigenvalue weighted by Crippen LogP contribution is -2.30. The fraction of sp³-hybridized carbons (Fsp3) is 0.462. The van der Waals surface area contributed by atoms with Gasteiger partial charge >= 0.3 is 5.97 Å². The van der Waals surface area contributed by atoms with E-state index in [9.17, 15) is 9.90 Å². The van der Waals surface area contributed by atoms with Crippen LogP contribution in [0.15, 0.2) is 12.1 Å². The van der Waals surface area contributed by atoms with Gasteiger partial charge in [0.05, 0.1) is 0 Å². The molecule has 0 aromatic heterocycles. The Morgan fingerprint density at radius 1 is 1.25 bits per heavy atom. The minimum atomic E-state index is -0.859. The van der Waals surface area contributed by atoms with Gasteiger partial charge in [-0.05, 0) is 50.6 Å². The maximum atomic E-state index is 11.4. The van der Waals surface area contributed by atoms with Crippen molar-refractivity contribution in [3.8, 4) is 0 Å². The second kappa shape index (κ2) is 4.50. The molecule has 0 fully saturated rings. The fourth-order valence-corrected chi connectivity index (χ4v) is 2.93. The summed E-state index contributed by atoms with van der Waals surface area (Å²) in [5.41, 5.74) is 4.21. The predicted molar refractivity (Wildman–Crippen MR) is 69.2 cm³/mol. The minimum absolute atomic E-state index is 0.782. The van der Waals surface area contributed by atoms with Crippen LogP contribution in [0, 0.1) is 20.8 Å². The van der Waals surface area contributed by atoms with Gasteiger partial charge in [0.25, 0.3) is 0 Å². The number of benzene rings is 1. The van der Waals surface area contributed by atoms with Crippen molar-refractivity contribution in [1.82, 2.24) is 0 Å². The van der Waals surface area contributed by atoms with Crippen LogP contribution in [0.3, 0.4) is 0 Å². The highest BCUT2D eigenvalue weighted by Gasteiger charge is 2.36. The zero-order valence-corrected chi connectivity index (χ0v) is 11.2. The molecule has 0 saturated heterocycles. The van der Waals surface area contributed by atoms with E-state index in [-0.39, 0.29) is 0 Å². The van der Waals surface area contributed by atoms with E-state index in [1.807, 2.05) is 39.2 Å². The quantitative estimate of drug-likeness (QED) is 0.878. The second-order valence-electron chi connectivity index (χ2n) is 4.32. The summed E-state index contributed by atoms with van der Waals surface area (Å²) in [6.07, 6.45) is 1.84. The van der Waals surface area contributed by atoms with Gasteiger partial charge in [0.2, 0.25) is 0 Å². The first kappa shape index (κ1) is 13.1. The maximum Gasteiger partial charge on any atom is 0.324 e. The first-order valence-electron chi connectivity index (χ1n) is 5.19. The van der Waals surface area contributed by atoms with Crippen LogP contribution in [0.1, 0.15) is 29.2 Å². The molecular formula is C13H18O2S. The van der Waals surface area contributed by atoms with Gasteiger partial charge < -0.3 is 5.11 Å². The summed E-state index contributed by atoms with van der Waals surface area (Å²) in [4.78, 5) is 11.4. The highest BCUT2D eigenvalue weighted by molar-refractivity contribution is 8.00. The van der Waals surface area contributed by atoms with Gasteiger partial charge in [-0.2, -0.15) is 0 Å². The average Bonchev–Trinajstić information content (AvgIpc) is 2.15. The molecule has 0 radical (unpaired) electrons. The number of aliphatic carboxylic acids is 1. The Labute approximate surface area is 101 Å². The summed E-state index contributed by atoms with van der Waals surface area (Å²) in [6.45, 7) is 7.76.